The van der Waals surface area contributed by atoms with Crippen molar-refractivity contribution in [1.29, 1.82) is 0 Å². The van der Waals surface area contributed by atoms with E-state index in [0.29, 0.717) is 38.9 Å². The number of hydrogen-bond donors (Lipinski definition) is 6. The maximum absolute atomic E-state index is 13.8. The monoisotopic (exact) mass is 1250 g/mol. The highest BCUT2D eigenvalue weighted by Gasteiger charge is 2.59. The fourth-order valence-electron chi connectivity index (χ4n) is 12.6. The number of H-pyrrole nitrogens is 1. The van der Waals surface area contributed by atoms with Gasteiger partial charge in [0.1, 0.15) is 70.9 Å². The molecule has 0 aliphatic carbocycles. The molecule has 6 fully saturated rings. The number of aliphatic hydroxyl groups excluding tert-OH is 1. The number of rotatable bonds is 16. The molecular weight excluding hydrogens is 1160 g/mol. The molecule has 492 valence electrons. The van der Waals surface area contributed by atoms with E-state index in [9.17, 15) is 57.3 Å². The van der Waals surface area contributed by atoms with Crippen LogP contribution < -0.4 is 34.1 Å². The minimum absolute atomic E-state index is 0.0396. The lowest BCUT2D eigenvalue weighted by Crippen LogP contribution is -2.53. The number of allylic oxidation sites excluding steroid dienone is 1. The topological polar surface area (TPSA) is 349 Å². The first kappa shape index (κ1) is 69.7. The van der Waals surface area contributed by atoms with Crippen molar-refractivity contribution in [2.24, 2.45) is 0 Å². The van der Waals surface area contributed by atoms with E-state index in [1.807, 2.05) is 13.8 Å². The number of hydrogen-bond acceptors (Lipinski definition) is 21. The van der Waals surface area contributed by atoms with Gasteiger partial charge in [-0.3, -0.25) is 38.0 Å². The summed E-state index contributed by atoms with van der Waals surface area (Å²) in [6, 6.07) is 4.04. The van der Waals surface area contributed by atoms with Crippen molar-refractivity contribution >= 4 is 23.3 Å². The van der Waals surface area contributed by atoms with Crippen molar-refractivity contribution in [3.05, 3.63) is 90.9 Å². The molecule has 88 heavy (non-hydrogen) atoms. The summed E-state index contributed by atoms with van der Waals surface area (Å²) in [6.07, 6.45) is 12.0. The maximum Gasteiger partial charge on any atom is 0.351 e. The third kappa shape index (κ3) is 15.5. The average molecular weight is 1250 g/mol. The van der Waals surface area contributed by atoms with Crippen LogP contribution in [0.3, 0.4) is 0 Å². The lowest BCUT2D eigenvalue weighted by molar-refractivity contribution is -0.246. The Kier molecular flexibility index (Phi) is 22.3. The van der Waals surface area contributed by atoms with Gasteiger partial charge in [0, 0.05) is 69.8 Å². The molecule has 26 nitrogen and oxygen atoms in total. The third-order valence-electron chi connectivity index (χ3n) is 17.5. The van der Waals surface area contributed by atoms with E-state index in [1.54, 1.807) is 20.0 Å². The Hall–Kier alpha value is -5.73. The van der Waals surface area contributed by atoms with E-state index >= 15 is 0 Å². The molecule has 10 heterocycles. The second-order valence-corrected chi connectivity index (χ2v) is 24.8. The Bertz CT molecular complexity index is 3040. The summed E-state index contributed by atoms with van der Waals surface area (Å²) < 4.78 is 90.8. The first-order valence-corrected chi connectivity index (χ1v) is 30.1. The lowest BCUT2D eigenvalue weighted by Gasteiger charge is -2.39. The van der Waals surface area contributed by atoms with Crippen molar-refractivity contribution < 1.29 is 76.0 Å². The molecule has 10 rings (SSSR count). The molecule has 29 heteroatoms. The number of amides is 1. The molecule has 3 aromatic rings. The Morgan fingerprint density at radius 1 is 0.602 bits per heavy atom. The summed E-state index contributed by atoms with van der Waals surface area (Å²) >= 11 is 0. The minimum atomic E-state index is -1.50. The van der Waals surface area contributed by atoms with E-state index < -0.39 is 120 Å². The normalized spacial score (nSPS) is 35.2. The standard InChI is InChI=1S/C19H29NO5.C17H25FN2O5.C12H18FN3O3.C11H16FN3O4/c1-4-19(5-2)13-18(3,24-16-8-6-7-11-23-16)17(25-19)20-10-9-14(21)12-15(20)22;1-3-17(11-18)10-16(2,24-13-6-4-5-9-23-13)14(25-17)20-8-7-12(21)19-15(20)22;1-3-12(7-13)6-11(2,18)9(19-12)16-5-4-8(14)15-10(16)17;1-10(18)4-11(5-12,6-16)19-8(10)15-3-2-7(13)14-9(15)17/h9-10,16-17H,4-8,11-13H2,1-3H3;7-8,13-14H,3-6,9-11H2,1-2H3,(H,19,21,22);4-5,9,18H,3,6-7H2,1-2H3,(H2,14,15,17);2-3,8,16,18H,4-6H2,1H3,(H2,13,14,17)/t16?,17-,18-;13?,14-,16-,17-;9-,11-,12-;8-,10-,11-/m1111/s1. The van der Waals surface area contributed by atoms with Gasteiger partial charge in [-0.25, -0.2) is 27.6 Å². The first-order chi connectivity index (χ1) is 41.5. The second-order valence-electron chi connectivity index (χ2n) is 24.8. The van der Waals surface area contributed by atoms with Gasteiger partial charge in [-0.1, -0.05) is 27.7 Å². The first-order valence-electron chi connectivity index (χ1n) is 30.1. The van der Waals surface area contributed by atoms with Crippen LogP contribution in [-0.4, -0.2) is 164 Å². The van der Waals surface area contributed by atoms with E-state index in [2.05, 4.69) is 28.8 Å². The second kappa shape index (κ2) is 28.2. The van der Waals surface area contributed by atoms with Gasteiger partial charge >= 0.3 is 17.1 Å². The summed E-state index contributed by atoms with van der Waals surface area (Å²) in [4.78, 5) is 81.9. The van der Waals surface area contributed by atoms with E-state index in [-0.39, 0.29) is 54.5 Å². The fraction of sp³-hybridized carbons (Fsp3) is 0.729. The number of carbonyl (C=O) groups excluding carboxylic acids is 2. The van der Waals surface area contributed by atoms with Crippen LogP contribution in [0, 0.1) is 0 Å². The molecule has 0 saturated carbocycles. The number of anilines is 2. The van der Waals surface area contributed by atoms with Crippen LogP contribution in [0.15, 0.2) is 68.2 Å². The summed E-state index contributed by atoms with van der Waals surface area (Å²) in [5.41, 5.74) is -0.0507. The van der Waals surface area contributed by atoms with Gasteiger partial charge in [-0.2, -0.15) is 9.97 Å². The van der Waals surface area contributed by atoms with Crippen LogP contribution in [-0.2, 0) is 47.5 Å². The summed E-state index contributed by atoms with van der Waals surface area (Å²) in [5, 5.41) is 29.9. The quantitative estimate of drug-likeness (QED) is 0.107. The van der Waals surface area contributed by atoms with Gasteiger partial charge < -0.3 is 64.7 Å². The van der Waals surface area contributed by atoms with Crippen molar-refractivity contribution in [2.45, 2.75) is 234 Å². The molecule has 6 saturated heterocycles. The highest BCUT2D eigenvalue weighted by atomic mass is 19.1. The molecular formula is C59H88F3N9O17. The number of carbonyl (C=O) groups is 2. The number of ketones is 1. The molecule has 0 spiro atoms. The van der Waals surface area contributed by atoms with Gasteiger partial charge in [-0.05, 0) is 110 Å². The molecule has 13 atom stereocenters. The smallest absolute Gasteiger partial charge is 0.351 e. The Balaban J connectivity index is 0.000000169. The van der Waals surface area contributed by atoms with Crippen LogP contribution in [0.2, 0.25) is 0 Å². The van der Waals surface area contributed by atoms with Crippen LogP contribution in [0.4, 0.5) is 24.8 Å². The minimum Gasteiger partial charge on any atom is -0.393 e. The van der Waals surface area contributed by atoms with Crippen LogP contribution in [0.5, 0.6) is 0 Å². The van der Waals surface area contributed by atoms with Crippen LogP contribution in [0.1, 0.15) is 170 Å². The van der Waals surface area contributed by atoms with Crippen molar-refractivity contribution in [1.82, 2.24) is 33.6 Å². The fourth-order valence-corrected chi connectivity index (χ4v) is 12.6. The molecule has 0 aromatic carbocycles. The number of aliphatic hydroxyl groups is 3. The number of alkyl halides is 3. The van der Waals surface area contributed by atoms with E-state index in [4.69, 9.17) is 49.4 Å². The molecule has 1 amide bonds. The number of ether oxygens (including phenoxy) is 8. The molecule has 3 aromatic heterocycles. The molecule has 0 radical (unpaired) electrons. The molecule has 7 aliphatic rings. The third-order valence-corrected chi connectivity index (χ3v) is 17.5. The summed E-state index contributed by atoms with van der Waals surface area (Å²) in [7, 11) is 0. The number of halogens is 3. The number of aromatic amines is 1. The van der Waals surface area contributed by atoms with E-state index in [1.165, 1.54) is 66.2 Å². The van der Waals surface area contributed by atoms with E-state index in [0.717, 1.165) is 60.5 Å². The predicted octanol–water partition coefficient (Wildman–Crippen LogP) is 4.59. The van der Waals surface area contributed by atoms with Gasteiger partial charge in [0.15, 0.2) is 43.3 Å². The molecule has 7 aliphatic heterocycles. The summed E-state index contributed by atoms with van der Waals surface area (Å²) in [5.74, 6) is -0.279. The summed E-state index contributed by atoms with van der Waals surface area (Å²) in [6.45, 7) is 12.9. The zero-order chi connectivity index (χ0) is 64.7. The number of nitrogen functional groups attached to an aromatic ring is 2. The van der Waals surface area contributed by atoms with Crippen molar-refractivity contribution in [3.8, 4) is 0 Å². The highest BCUT2D eigenvalue weighted by molar-refractivity contribution is 6.06. The largest absolute Gasteiger partial charge is 0.393 e. The van der Waals surface area contributed by atoms with Gasteiger partial charge in [0.25, 0.3) is 5.56 Å². The lowest BCUT2D eigenvalue weighted by atomic mass is 9.86. The van der Waals surface area contributed by atoms with Crippen molar-refractivity contribution in [2.75, 3.05) is 51.3 Å². The van der Waals surface area contributed by atoms with Gasteiger partial charge in [-0.15, -0.1) is 0 Å². The Morgan fingerprint density at radius 3 is 1.44 bits per heavy atom. The molecule has 2 unspecified atom stereocenters. The number of aromatic nitrogens is 6. The van der Waals surface area contributed by atoms with Crippen molar-refractivity contribution in [3.63, 3.8) is 0 Å². The van der Waals surface area contributed by atoms with Crippen LogP contribution >= 0.6 is 0 Å². The zero-order valence-corrected chi connectivity index (χ0v) is 51.5. The molecule has 8 N–H and O–H groups in total. The SMILES string of the molecule is CCC1(CC)C[C@@](C)(OC2CCCCO2)[C@H](N2C=CC(=O)CC2=O)O1.CC[C@]1(CF)C[C@@](C)(O)[C@H](n2ccc(N)nc2=O)O1.CC[C@]1(CF)C[C@@](C)(OC2CCCCO2)[C@H](n2ccc(=O)[nH]c2=O)O1.C[C@@]1(O)C[C@](CO)(CF)O[C@H]1n1ccc(N)nc1=O. The average Bonchev–Trinajstić information content (AvgIpc) is 2.28. The van der Waals surface area contributed by atoms with Gasteiger partial charge in [0.2, 0.25) is 5.91 Å². The zero-order valence-electron chi connectivity index (χ0n) is 51.5. The van der Waals surface area contributed by atoms with Gasteiger partial charge in [0.05, 0.1) is 18.6 Å². The molecule has 0 bridgehead atoms. The Labute approximate surface area is 507 Å². The predicted molar refractivity (Wildman–Crippen MR) is 311 cm³/mol. The number of nitrogens with one attached hydrogen (secondary N) is 1. The number of nitrogens with zero attached hydrogens (tertiary/aromatic N) is 6. The highest BCUT2D eigenvalue weighted by Crippen LogP contribution is 2.50. The van der Waals surface area contributed by atoms with Crippen LogP contribution in [0.25, 0.3) is 0 Å². The number of nitrogens with two attached hydrogens (primary N) is 2. The Morgan fingerprint density at radius 2 is 1.03 bits per heavy atom. The maximum atomic E-state index is 13.8.